The highest BCUT2D eigenvalue weighted by Crippen LogP contribution is 2.14. The molecule has 2 unspecified atom stereocenters. The van der Waals surface area contributed by atoms with Gasteiger partial charge in [-0.3, -0.25) is 4.21 Å². The second-order valence-corrected chi connectivity index (χ2v) is 6.27. The zero-order chi connectivity index (χ0) is 13.0. The van der Waals surface area contributed by atoms with Crippen molar-refractivity contribution in [2.45, 2.75) is 31.8 Å². The summed E-state index contributed by atoms with van der Waals surface area (Å²) in [4.78, 5) is 10.7. The van der Waals surface area contributed by atoms with Crippen molar-refractivity contribution in [2.24, 2.45) is 5.92 Å². The van der Waals surface area contributed by atoms with E-state index in [1.54, 1.807) is 24.3 Å². The lowest BCUT2D eigenvalue weighted by Gasteiger charge is -2.14. The van der Waals surface area contributed by atoms with Gasteiger partial charge in [-0.25, -0.2) is 4.79 Å². The second kappa shape index (κ2) is 5.96. The summed E-state index contributed by atoms with van der Waals surface area (Å²) in [6.45, 7) is 6.08. The van der Waals surface area contributed by atoms with Crippen LogP contribution in [-0.2, 0) is 16.6 Å². The van der Waals surface area contributed by atoms with E-state index >= 15 is 0 Å². The minimum atomic E-state index is -0.937. The van der Waals surface area contributed by atoms with Crippen LogP contribution in [0.3, 0.4) is 0 Å². The molecule has 0 fully saturated rings. The van der Waals surface area contributed by atoms with Crippen LogP contribution in [-0.4, -0.2) is 20.5 Å². The van der Waals surface area contributed by atoms with E-state index < -0.39 is 16.8 Å². The molecule has 0 bridgehead atoms. The minimum Gasteiger partial charge on any atom is -0.478 e. The average molecular weight is 254 g/mol. The topological polar surface area (TPSA) is 54.4 Å². The molecule has 0 spiro atoms. The van der Waals surface area contributed by atoms with Crippen LogP contribution < -0.4 is 0 Å². The third-order valence-corrected chi connectivity index (χ3v) is 4.85. The van der Waals surface area contributed by atoms with Crippen LogP contribution in [0.15, 0.2) is 24.3 Å². The lowest BCUT2D eigenvalue weighted by atomic mass is 10.1. The summed E-state index contributed by atoms with van der Waals surface area (Å²) in [6, 6.07) is 6.56. The minimum absolute atomic E-state index is 0.147. The number of carbonyl (C=O) groups is 1. The van der Waals surface area contributed by atoms with Crippen LogP contribution in [0.2, 0.25) is 0 Å². The van der Waals surface area contributed by atoms with E-state index in [4.69, 9.17) is 5.11 Å². The molecule has 4 heteroatoms. The fourth-order valence-electron chi connectivity index (χ4n) is 1.34. The summed E-state index contributed by atoms with van der Waals surface area (Å²) in [5, 5.41) is 8.91. The molecule has 0 radical (unpaired) electrons. The fourth-order valence-corrected chi connectivity index (χ4v) is 2.73. The van der Waals surface area contributed by atoms with Gasteiger partial charge in [0.05, 0.1) is 5.56 Å². The second-order valence-electron chi connectivity index (χ2n) is 4.48. The van der Waals surface area contributed by atoms with E-state index in [9.17, 15) is 9.00 Å². The third-order valence-electron chi connectivity index (χ3n) is 2.86. The molecule has 1 rings (SSSR count). The molecule has 0 saturated heterocycles. The van der Waals surface area contributed by atoms with Crippen LogP contribution in [0.25, 0.3) is 0 Å². The zero-order valence-corrected chi connectivity index (χ0v) is 11.2. The number of benzene rings is 1. The van der Waals surface area contributed by atoms with E-state index in [0.717, 1.165) is 5.56 Å². The summed E-state index contributed by atoms with van der Waals surface area (Å²) < 4.78 is 12.0. The van der Waals surface area contributed by atoms with Crippen molar-refractivity contribution in [1.29, 1.82) is 0 Å². The van der Waals surface area contributed by atoms with Gasteiger partial charge in [0.25, 0.3) is 0 Å². The number of carboxylic acid groups (broad SMARTS) is 1. The largest absolute Gasteiger partial charge is 0.478 e. The van der Waals surface area contributed by atoms with Crippen LogP contribution in [0.1, 0.15) is 36.7 Å². The molecule has 0 amide bonds. The van der Waals surface area contributed by atoms with Gasteiger partial charge in [-0.15, -0.1) is 0 Å². The molecule has 17 heavy (non-hydrogen) atoms. The number of carboxylic acids is 1. The normalized spacial score (nSPS) is 14.6. The van der Waals surface area contributed by atoms with E-state index in [1.165, 1.54) is 0 Å². The predicted molar refractivity (Wildman–Crippen MR) is 69.5 cm³/mol. The smallest absolute Gasteiger partial charge is 0.335 e. The Morgan fingerprint density at radius 2 is 1.76 bits per heavy atom. The highest BCUT2D eigenvalue weighted by Gasteiger charge is 2.15. The Hall–Kier alpha value is -1.16. The number of aromatic carboxylic acids is 1. The molecule has 0 aliphatic carbocycles. The molecular weight excluding hydrogens is 236 g/mol. The molecule has 1 N–H and O–H groups in total. The summed E-state index contributed by atoms with van der Waals surface area (Å²) in [6.07, 6.45) is 0. The monoisotopic (exact) mass is 254 g/mol. The first-order valence-electron chi connectivity index (χ1n) is 5.61. The SMILES string of the molecule is CC(C)C(C)S(=O)Cc1ccc(C(=O)O)cc1. The molecule has 94 valence electrons. The van der Waals surface area contributed by atoms with Gasteiger partial charge in [-0.05, 0) is 23.6 Å². The van der Waals surface area contributed by atoms with Crippen molar-refractivity contribution < 1.29 is 14.1 Å². The van der Waals surface area contributed by atoms with Gasteiger partial charge in [-0.2, -0.15) is 0 Å². The maximum absolute atomic E-state index is 12.0. The van der Waals surface area contributed by atoms with Gasteiger partial charge in [0, 0.05) is 21.8 Å². The lowest BCUT2D eigenvalue weighted by molar-refractivity contribution is 0.0697. The molecule has 3 nitrogen and oxygen atoms in total. The van der Waals surface area contributed by atoms with Crippen molar-refractivity contribution in [1.82, 2.24) is 0 Å². The van der Waals surface area contributed by atoms with Crippen LogP contribution in [0.5, 0.6) is 0 Å². The molecular formula is C13H18O3S. The molecule has 1 aromatic carbocycles. The van der Waals surface area contributed by atoms with Gasteiger partial charge in [-0.1, -0.05) is 32.9 Å². The number of hydrogen-bond acceptors (Lipinski definition) is 2. The van der Waals surface area contributed by atoms with E-state index in [0.29, 0.717) is 11.7 Å². The summed E-state index contributed by atoms with van der Waals surface area (Å²) in [5.41, 5.74) is 1.18. The summed E-state index contributed by atoms with van der Waals surface area (Å²) in [5.74, 6) is -0.0680. The summed E-state index contributed by atoms with van der Waals surface area (Å²) in [7, 11) is -0.911. The van der Waals surface area contributed by atoms with Crippen molar-refractivity contribution in [3.8, 4) is 0 Å². The lowest BCUT2D eigenvalue weighted by Crippen LogP contribution is -2.18. The molecule has 2 atom stereocenters. The van der Waals surface area contributed by atoms with Crippen molar-refractivity contribution >= 4 is 16.8 Å². The van der Waals surface area contributed by atoms with E-state index in [-0.39, 0.29) is 10.8 Å². The zero-order valence-electron chi connectivity index (χ0n) is 10.3. The van der Waals surface area contributed by atoms with Crippen molar-refractivity contribution in [3.05, 3.63) is 35.4 Å². The van der Waals surface area contributed by atoms with Gasteiger partial charge in [0.1, 0.15) is 0 Å². The van der Waals surface area contributed by atoms with Gasteiger partial charge < -0.3 is 5.11 Å². The van der Waals surface area contributed by atoms with Crippen LogP contribution >= 0.6 is 0 Å². The van der Waals surface area contributed by atoms with Gasteiger partial charge in [0.2, 0.25) is 0 Å². The quantitative estimate of drug-likeness (QED) is 0.879. The Labute approximate surface area is 104 Å². The molecule has 0 aliphatic rings. The maximum atomic E-state index is 12.0. The average Bonchev–Trinajstić information content (AvgIpc) is 2.28. The first-order chi connectivity index (χ1) is 7.91. The Kier molecular flexibility index (Phi) is 4.87. The highest BCUT2D eigenvalue weighted by molar-refractivity contribution is 7.84. The number of hydrogen-bond donors (Lipinski definition) is 1. The van der Waals surface area contributed by atoms with E-state index in [1.807, 2.05) is 6.92 Å². The predicted octanol–water partition coefficient (Wildman–Crippen LogP) is 2.68. The van der Waals surface area contributed by atoms with Crippen molar-refractivity contribution in [2.75, 3.05) is 0 Å². The standard InChI is InChI=1S/C13H18O3S/c1-9(2)10(3)17(16)8-11-4-6-12(7-5-11)13(14)15/h4-7,9-10H,8H2,1-3H3,(H,14,15). The van der Waals surface area contributed by atoms with Crippen molar-refractivity contribution in [3.63, 3.8) is 0 Å². The Bertz CT molecular complexity index is 409. The Balaban J connectivity index is 2.70. The fraction of sp³-hybridized carbons (Fsp3) is 0.462. The van der Waals surface area contributed by atoms with Crippen LogP contribution in [0, 0.1) is 5.92 Å². The Morgan fingerprint density at radius 1 is 1.24 bits per heavy atom. The van der Waals surface area contributed by atoms with Crippen LogP contribution in [0.4, 0.5) is 0 Å². The summed E-state index contributed by atoms with van der Waals surface area (Å²) >= 11 is 0. The van der Waals surface area contributed by atoms with E-state index in [2.05, 4.69) is 13.8 Å². The first-order valence-corrected chi connectivity index (χ1v) is 6.99. The number of rotatable bonds is 5. The maximum Gasteiger partial charge on any atom is 0.335 e. The first kappa shape index (κ1) is 13.9. The third kappa shape index (κ3) is 3.97. The molecule has 0 aliphatic heterocycles. The molecule has 0 aromatic heterocycles. The molecule has 1 aromatic rings. The molecule has 0 heterocycles. The molecule has 0 saturated carbocycles. The van der Waals surface area contributed by atoms with Gasteiger partial charge >= 0.3 is 5.97 Å². The Morgan fingerprint density at radius 3 is 2.18 bits per heavy atom. The van der Waals surface area contributed by atoms with Gasteiger partial charge in [0.15, 0.2) is 0 Å². The highest BCUT2D eigenvalue weighted by atomic mass is 32.2.